The Bertz CT molecular complexity index is 163. The highest BCUT2D eigenvalue weighted by molar-refractivity contribution is 5.11. The van der Waals surface area contributed by atoms with Crippen molar-refractivity contribution in [3.8, 4) is 0 Å². The van der Waals surface area contributed by atoms with Crippen molar-refractivity contribution < 1.29 is 9.88 Å². The molecule has 3 nitrogen and oxygen atoms in total. The molecule has 10 heavy (non-hydrogen) atoms. The molecule has 3 heteroatoms. The second kappa shape index (κ2) is 2.25. The SMILES string of the molecule is CC1=COON(C)C1(C)C. The van der Waals surface area contributed by atoms with Crippen LogP contribution in [0.1, 0.15) is 20.8 Å². The molecule has 0 aromatic carbocycles. The quantitative estimate of drug-likeness (QED) is 0.479. The predicted octanol–water partition coefficient (Wildman–Crippen LogP) is 1.48. The lowest BCUT2D eigenvalue weighted by Gasteiger charge is -2.36. The van der Waals surface area contributed by atoms with Crippen LogP contribution in [-0.4, -0.2) is 17.6 Å². The fourth-order valence-corrected chi connectivity index (χ4v) is 0.644. The summed E-state index contributed by atoms with van der Waals surface area (Å²) < 4.78 is 0. The highest BCUT2D eigenvalue weighted by Crippen LogP contribution is 2.25. The van der Waals surface area contributed by atoms with Gasteiger partial charge in [0.25, 0.3) is 0 Å². The zero-order valence-corrected chi connectivity index (χ0v) is 6.84. The minimum atomic E-state index is -0.0573. The van der Waals surface area contributed by atoms with Crippen molar-refractivity contribution in [2.45, 2.75) is 26.3 Å². The van der Waals surface area contributed by atoms with Crippen LogP contribution in [0.2, 0.25) is 0 Å². The maximum atomic E-state index is 4.82. The molecule has 0 saturated carbocycles. The Morgan fingerprint density at radius 2 is 2.10 bits per heavy atom. The molecule has 1 aliphatic heterocycles. The largest absolute Gasteiger partial charge is 0.327 e. The van der Waals surface area contributed by atoms with E-state index in [1.54, 1.807) is 11.3 Å². The summed E-state index contributed by atoms with van der Waals surface area (Å²) in [4.78, 5) is 9.51. The summed E-state index contributed by atoms with van der Waals surface area (Å²) in [7, 11) is 1.84. The molecule has 0 unspecified atom stereocenters. The summed E-state index contributed by atoms with van der Waals surface area (Å²) in [5.74, 6) is 0. The summed E-state index contributed by atoms with van der Waals surface area (Å²) in [6.07, 6.45) is 1.62. The molecule has 1 heterocycles. The third-order valence-electron chi connectivity index (χ3n) is 2.13. The molecule has 58 valence electrons. The van der Waals surface area contributed by atoms with E-state index in [4.69, 9.17) is 9.88 Å². The molecule has 0 radical (unpaired) electrons. The first-order valence-electron chi connectivity index (χ1n) is 3.29. The molecule has 1 aliphatic rings. The number of hydrogen-bond acceptors (Lipinski definition) is 3. The highest BCUT2D eigenvalue weighted by Gasteiger charge is 2.30. The van der Waals surface area contributed by atoms with Crippen molar-refractivity contribution in [3.05, 3.63) is 11.8 Å². The molecule has 1 rings (SSSR count). The first-order chi connectivity index (χ1) is 4.55. The third-order valence-corrected chi connectivity index (χ3v) is 2.13. The summed E-state index contributed by atoms with van der Waals surface area (Å²) >= 11 is 0. The van der Waals surface area contributed by atoms with Crippen LogP contribution < -0.4 is 0 Å². The van der Waals surface area contributed by atoms with Crippen molar-refractivity contribution in [1.82, 2.24) is 5.06 Å². The van der Waals surface area contributed by atoms with E-state index in [2.05, 4.69) is 13.8 Å². The van der Waals surface area contributed by atoms with E-state index in [-0.39, 0.29) is 5.54 Å². The van der Waals surface area contributed by atoms with Crippen LogP contribution in [0.4, 0.5) is 0 Å². The Labute approximate surface area is 61.1 Å². The molecule has 0 aromatic heterocycles. The van der Waals surface area contributed by atoms with Crippen LogP contribution in [0.5, 0.6) is 0 Å². The number of hydroxylamine groups is 2. The topological polar surface area (TPSA) is 21.7 Å². The molecule has 0 bridgehead atoms. The molecule has 0 atom stereocenters. The van der Waals surface area contributed by atoms with E-state index in [9.17, 15) is 0 Å². The van der Waals surface area contributed by atoms with Crippen molar-refractivity contribution >= 4 is 0 Å². The van der Waals surface area contributed by atoms with Gasteiger partial charge in [-0.1, -0.05) is 4.99 Å². The second-order valence-electron chi connectivity index (χ2n) is 3.03. The Hall–Kier alpha value is -0.540. The number of hydrogen-bond donors (Lipinski definition) is 0. The molecule has 0 aromatic rings. The first kappa shape index (κ1) is 7.57. The van der Waals surface area contributed by atoms with Crippen LogP contribution in [-0.2, 0) is 9.88 Å². The van der Waals surface area contributed by atoms with Crippen LogP contribution in [0, 0.1) is 0 Å². The lowest BCUT2D eigenvalue weighted by Crippen LogP contribution is -2.44. The van der Waals surface area contributed by atoms with Gasteiger partial charge >= 0.3 is 0 Å². The van der Waals surface area contributed by atoms with Gasteiger partial charge in [-0.25, -0.2) is 0 Å². The summed E-state index contributed by atoms with van der Waals surface area (Å²) in [5.41, 5.74) is 1.10. The molecule has 0 N–H and O–H groups in total. The van der Waals surface area contributed by atoms with Gasteiger partial charge in [0, 0.05) is 7.05 Å². The Kier molecular flexibility index (Phi) is 1.70. The summed E-state index contributed by atoms with van der Waals surface area (Å²) in [6.45, 7) is 6.15. The molecular formula is C7H13NO2. The van der Waals surface area contributed by atoms with E-state index < -0.39 is 0 Å². The van der Waals surface area contributed by atoms with Gasteiger partial charge < -0.3 is 4.89 Å². The van der Waals surface area contributed by atoms with E-state index in [1.165, 1.54) is 0 Å². The Morgan fingerprint density at radius 1 is 1.50 bits per heavy atom. The van der Waals surface area contributed by atoms with Crippen molar-refractivity contribution in [3.63, 3.8) is 0 Å². The normalized spacial score (nSPS) is 25.4. The zero-order chi connectivity index (χ0) is 7.78. The first-order valence-corrected chi connectivity index (χ1v) is 3.29. The van der Waals surface area contributed by atoms with Crippen molar-refractivity contribution in [2.24, 2.45) is 0 Å². The Morgan fingerprint density at radius 3 is 2.50 bits per heavy atom. The molecule has 0 fully saturated rings. The number of rotatable bonds is 0. The van der Waals surface area contributed by atoms with Gasteiger partial charge in [0.1, 0.15) is 6.26 Å². The lowest BCUT2D eigenvalue weighted by molar-refractivity contribution is -0.420. The fraction of sp³-hybridized carbons (Fsp3) is 0.714. The van der Waals surface area contributed by atoms with Crippen molar-refractivity contribution in [2.75, 3.05) is 7.05 Å². The summed E-state index contributed by atoms with van der Waals surface area (Å²) in [6, 6.07) is 0. The van der Waals surface area contributed by atoms with Crippen molar-refractivity contribution in [1.29, 1.82) is 0 Å². The van der Waals surface area contributed by atoms with Crippen LogP contribution in [0.15, 0.2) is 11.8 Å². The van der Waals surface area contributed by atoms with Crippen LogP contribution in [0.3, 0.4) is 0 Å². The lowest BCUT2D eigenvalue weighted by atomic mass is 9.96. The maximum absolute atomic E-state index is 4.82. The monoisotopic (exact) mass is 143 g/mol. The van der Waals surface area contributed by atoms with E-state index in [0.717, 1.165) is 5.57 Å². The number of nitrogens with zero attached hydrogens (tertiary/aromatic N) is 1. The standard InChI is InChI=1S/C7H13NO2/c1-6-5-9-10-8(4)7(6,2)3/h5H,1-4H3. The van der Waals surface area contributed by atoms with Crippen LogP contribution in [0.25, 0.3) is 0 Å². The zero-order valence-electron chi connectivity index (χ0n) is 6.84. The average Bonchev–Trinajstić information content (AvgIpc) is 1.84. The molecule has 0 amide bonds. The van der Waals surface area contributed by atoms with Gasteiger partial charge in [-0.3, -0.25) is 0 Å². The van der Waals surface area contributed by atoms with E-state index in [1.807, 2.05) is 14.0 Å². The fourth-order valence-electron chi connectivity index (χ4n) is 0.644. The average molecular weight is 143 g/mol. The smallest absolute Gasteiger partial charge is 0.132 e. The molecule has 0 spiro atoms. The molecule has 0 saturated heterocycles. The second-order valence-corrected chi connectivity index (χ2v) is 3.03. The molecular weight excluding hydrogens is 130 g/mol. The summed E-state index contributed by atoms with van der Waals surface area (Å²) in [5, 5.41) is 1.68. The van der Waals surface area contributed by atoms with E-state index >= 15 is 0 Å². The minimum absolute atomic E-state index is 0.0573. The van der Waals surface area contributed by atoms with Gasteiger partial charge in [-0.05, 0) is 26.3 Å². The highest BCUT2D eigenvalue weighted by atomic mass is 17.3. The van der Waals surface area contributed by atoms with Gasteiger partial charge in [-0.15, -0.1) is 5.06 Å². The Balaban J connectivity index is 2.84. The van der Waals surface area contributed by atoms with Gasteiger partial charge in [0.05, 0.1) is 5.54 Å². The van der Waals surface area contributed by atoms with Crippen LogP contribution >= 0.6 is 0 Å². The molecule has 0 aliphatic carbocycles. The third kappa shape index (κ3) is 1.02. The van der Waals surface area contributed by atoms with Gasteiger partial charge in [0.15, 0.2) is 0 Å². The number of likely N-dealkylation sites (N-methyl/N-ethyl adjacent to an activating group) is 1. The van der Waals surface area contributed by atoms with Gasteiger partial charge in [0.2, 0.25) is 0 Å². The van der Waals surface area contributed by atoms with Gasteiger partial charge in [-0.2, -0.15) is 0 Å². The maximum Gasteiger partial charge on any atom is 0.132 e. The predicted molar refractivity (Wildman–Crippen MR) is 37.8 cm³/mol. The minimum Gasteiger partial charge on any atom is -0.327 e. The van der Waals surface area contributed by atoms with E-state index in [0.29, 0.717) is 0 Å².